The fourth-order valence-electron chi connectivity index (χ4n) is 2.83. The smallest absolute Gasteiger partial charge is 0.225 e. The number of aromatic nitrogens is 5. The van der Waals surface area contributed by atoms with Crippen LogP contribution >= 0.6 is 0 Å². The monoisotopic (exact) mass is 333 g/mol. The second kappa shape index (κ2) is 6.80. The van der Waals surface area contributed by atoms with Gasteiger partial charge in [0.1, 0.15) is 0 Å². The summed E-state index contributed by atoms with van der Waals surface area (Å²) in [7, 11) is 0. The molecule has 1 aliphatic heterocycles. The van der Waals surface area contributed by atoms with Crippen molar-refractivity contribution in [2.75, 3.05) is 36.0 Å². The summed E-state index contributed by atoms with van der Waals surface area (Å²) in [4.78, 5) is 26.5. The maximum absolute atomic E-state index is 4.70. The molecule has 126 valence electrons. The summed E-state index contributed by atoms with van der Waals surface area (Å²) in [5.41, 5.74) is 2.96. The molecule has 3 aromatic heterocycles. The molecule has 0 amide bonds. The normalized spacial score (nSPS) is 14.6. The number of anilines is 2. The van der Waals surface area contributed by atoms with Gasteiger partial charge < -0.3 is 9.80 Å². The minimum Gasteiger partial charge on any atom is -0.337 e. The molecule has 7 nitrogen and oxygen atoms in total. The number of aryl methyl sites for hydroxylation is 1. The Kier molecular flexibility index (Phi) is 4.20. The quantitative estimate of drug-likeness (QED) is 0.725. The van der Waals surface area contributed by atoms with Crippen molar-refractivity contribution in [1.82, 2.24) is 24.9 Å². The van der Waals surface area contributed by atoms with Crippen molar-refractivity contribution < 1.29 is 0 Å². The summed E-state index contributed by atoms with van der Waals surface area (Å²) >= 11 is 0. The van der Waals surface area contributed by atoms with Gasteiger partial charge in [-0.2, -0.15) is 0 Å². The Bertz CT molecular complexity index is 828. The van der Waals surface area contributed by atoms with Crippen LogP contribution in [0.15, 0.2) is 49.2 Å². The Morgan fingerprint density at radius 3 is 2.20 bits per heavy atom. The Morgan fingerprint density at radius 1 is 0.800 bits per heavy atom. The van der Waals surface area contributed by atoms with Gasteiger partial charge in [0.05, 0.1) is 5.69 Å². The van der Waals surface area contributed by atoms with Crippen LogP contribution in [0.1, 0.15) is 5.56 Å². The van der Waals surface area contributed by atoms with E-state index >= 15 is 0 Å². The maximum Gasteiger partial charge on any atom is 0.225 e. The van der Waals surface area contributed by atoms with Gasteiger partial charge in [-0.25, -0.2) is 19.9 Å². The van der Waals surface area contributed by atoms with E-state index in [4.69, 9.17) is 4.98 Å². The fraction of sp³-hybridized carbons (Fsp3) is 0.278. The predicted molar refractivity (Wildman–Crippen MR) is 96.5 cm³/mol. The van der Waals surface area contributed by atoms with Crippen LogP contribution in [0.25, 0.3) is 11.3 Å². The zero-order valence-electron chi connectivity index (χ0n) is 14.1. The summed E-state index contributed by atoms with van der Waals surface area (Å²) in [6, 6.07) is 5.83. The fourth-order valence-corrected chi connectivity index (χ4v) is 2.83. The number of hydrogen-bond donors (Lipinski definition) is 0. The van der Waals surface area contributed by atoms with Crippen LogP contribution < -0.4 is 9.80 Å². The van der Waals surface area contributed by atoms with Crippen LogP contribution in [0.3, 0.4) is 0 Å². The van der Waals surface area contributed by atoms with Gasteiger partial charge in [-0.05, 0) is 30.7 Å². The molecule has 4 rings (SSSR count). The molecule has 0 unspecified atom stereocenters. The molecule has 4 heterocycles. The van der Waals surface area contributed by atoms with E-state index in [9.17, 15) is 0 Å². The first-order valence-electron chi connectivity index (χ1n) is 8.31. The minimum atomic E-state index is 0.755. The highest BCUT2D eigenvalue weighted by atomic mass is 15.3. The first kappa shape index (κ1) is 15.4. The second-order valence-corrected chi connectivity index (χ2v) is 6.02. The van der Waals surface area contributed by atoms with E-state index in [1.54, 1.807) is 12.4 Å². The molecule has 3 aromatic rings. The van der Waals surface area contributed by atoms with Gasteiger partial charge in [-0.3, -0.25) is 4.98 Å². The van der Waals surface area contributed by atoms with Gasteiger partial charge in [0.15, 0.2) is 0 Å². The third-order valence-electron chi connectivity index (χ3n) is 4.21. The number of piperazine rings is 1. The van der Waals surface area contributed by atoms with E-state index in [1.807, 2.05) is 43.7 Å². The van der Waals surface area contributed by atoms with Crippen LogP contribution in [0, 0.1) is 6.92 Å². The van der Waals surface area contributed by atoms with Crippen LogP contribution in [0.4, 0.5) is 11.9 Å². The maximum atomic E-state index is 4.70. The molecular formula is C18H19N7. The average Bonchev–Trinajstić information content (AvgIpc) is 2.70. The van der Waals surface area contributed by atoms with Gasteiger partial charge in [-0.15, -0.1) is 0 Å². The second-order valence-electron chi connectivity index (χ2n) is 6.02. The van der Waals surface area contributed by atoms with Crippen LogP contribution in [-0.2, 0) is 0 Å². The van der Waals surface area contributed by atoms with E-state index in [1.165, 1.54) is 0 Å². The van der Waals surface area contributed by atoms with Crippen molar-refractivity contribution in [3.8, 4) is 11.3 Å². The lowest BCUT2D eigenvalue weighted by molar-refractivity contribution is 0.628. The molecule has 25 heavy (non-hydrogen) atoms. The van der Waals surface area contributed by atoms with Crippen molar-refractivity contribution in [2.45, 2.75) is 6.92 Å². The van der Waals surface area contributed by atoms with Gasteiger partial charge >= 0.3 is 0 Å². The first-order chi connectivity index (χ1) is 12.3. The standard InChI is InChI=1S/C18H19N7/c1-14-11-21-17(22-12-14)24-7-9-25(10-8-24)18-20-6-4-16(23-18)15-3-2-5-19-13-15/h2-6,11-13H,7-10H2,1H3. The van der Waals surface area contributed by atoms with Gasteiger partial charge in [0, 0.05) is 62.7 Å². The van der Waals surface area contributed by atoms with E-state index in [2.05, 4.69) is 29.7 Å². The van der Waals surface area contributed by atoms with E-state index < -0.39 is 0 Å². The summed E-state index contributed by atoms with van der Waals surface area (Å²) in [6.07, 6.45) is 9.10. The molecule has 0 radical (unpaired) electrons. The topological polar surface area (TPSA) is 70.9 Å². The summed E-state index contributed by atoms with van der Waals surface area (Å²) in [5, 5.41) is 0. The number of rotatable bonds is 3. The SMILES string of the molecule is Cc1cnc(N2CCN(c3nccc(-c4cccnc4)n3)CC2)nc1. The molecule has 0 atom stereocenters. The Balaban J connectivity index is 1.47. The van der Waals surface area contributed by atoms with E-state index in [-0.39, 0.29) is 0 Å². The highest BCUT2D eigenvalue weighted by Gasteiger charge is 2.21. The third-order valence-corrected chi connectivity index (χ3v) is 4.21. The molecule has 0 aromatic carbocycles. The highest BCUT2D eigenvalue weighted by Crippen LogP contribution is 2.19. The Hall–Kier alpha value is -3.09. The summed E-state index contributed by atoms with van der Waals surface area (Å²) < 4.78 is 0. The van der Waals surface area contributed by atoms with Crippen molar-refractivity contribution in [3.63, 3.8) is 0 Å². The molecule has 0 aliphatic carbocycles. The predicted octanol–water partition coefficient (Wildman–Crippen LogP) is 1.96. The van der Waals surface area contributed by atoms with Crippen molar-refractivity contribution >= 4 is 11.9 Å². The number of pyridine rings is 1. The van der Waals surface area contributed by atoms with Crippen molar-refractivity contribution in [1.29, 1.82) is 0 Å². The zero-order valence-corrected chi connectivity index (χ0v) is 14.1. The van der Waals surface area contributed by atoms with E-state index in [0.717, 1.165) is 54.9 Å². The molecule has 1 fully saturated rings. The number of hydrogen-bond acceptors (Lipinski definition) is 7. The molecule has 7 heteroatoms. The minimum absolute atomic E-state index is 0.755. The molecule has 0 bridgehead atoms. The highest BCUT2D eigenvalue weighted by molar-refractivity contribution is 5.58. The van der Waals surface area contributed by atoms with Crippen molar-refractivity contribution in [2.24, 2.45) is 0 Å². The largest absolute Gasteiger partial charge is 0.337 e. The van der Waals surface area contributed by atoms with Crippen molar-refractivity contribution in [3.05, 3.63) is 54.7 Å². The first-order valence-corrected chi connectivity index (χ1v) is 8.31. The lowest BCUT2D eigenvalue weighted by Gasteiger charge is -2.34. The van der Waals surface area contributed by atoms with E-state index in [0.29, 0.717) is 0 Å². The van der Waals surface area contributed by atoms with Gasteiger partial charge in [0.25, 0.3) is 0 Å². The van der Waals surface area contributed by atoms with Crippen LogP contribution in [0.5, 0.6) is 0 Å². The molecule has 0 spiro atoms. The molecule has 1 aliphatic rings. The lowest BCUT2D eigenvalue weighted by Crippen LogP contribution is -2.47. The molecule has 0 N–H and O–H groups in total. The third kappa shape index (κ3) is 3.40. The molecule has 1 saturated heterocycles. The average molecular weight is 333 g/mol. The Morgan fingerprint density at radius 2 is 1.52 bits per heavy atom. The molecule has 0 saturated carbocycles. The van der Waals surface area contributed by atoms with Gasteiger partial charge in [-0.1, -0.05) is 0 Å². The van der Waals surface area contributed by atoms with Crippen LogP contribution in [-0.4, -0.2) is 51.1 Å². The van der Waals surface area contributed by atoms with Crippen LogP contribution in [0.2, 0.25) is 0 Å². The Labute approximate surface area is 146 Å². The summed E-state index contributed by atoms with van der Waals surface area (Å²) in [5.74, 6) is 1.54. The van der Waals surface area contributed by atoms with Gasteiger partial charge in [0.2, 0.25) is 11.9 Å². The zero-order chi connectivity index (χ0) is 17.1. The summed E-state index contributed by atoms with van der Waals surface area (Å²) in [6.45, 7) is 5.38. The lowest BCUT2D eigenvalue weighted by atomic mass is 10.2. The number of nitrogens with zero attached hydrogens (tertiary/aromatic N) is 7. The molecular weight excluding hydrogens is 314 g/mol.